The Morgan fingerprint density at radius 3 is 1.91 bits per heavy atom. The fourth-order valence-corrected chi connectivity index (χ4v) is 17.6. The average Bonchev–Trinajstić information content (AvgIpc) is 3.94. The van der Waals surface area contributed by atoms with Crippen molar-refractivity contribution in [3.63, 3.8) is 0 Å². The van der Waals surface area contributed by atoms with Crippen molar-refractivity contribution in [2.45, 2.75) is 187 Å². The van der Waals surface area contributed by atoms with Gasteiger partial charge in [-0.25, -0.2) is 0 Å². The summed E-state index contributed by atoms with van der Waals surface area (Å²) in [6.45, 7) is 35.3. The van der Waals surface area contributed by atoms with Crippen LogP contribution in [-0.4, -0.2) is 6.71 Å². The number of anilines is 6. The van der Waals surface area contributed by atoms with Gasteiger partial charge in [-0.2, -0.15) is 0 Å². The monoisotopic (exact) mass is 997 g/mol. The van der Waals surface area contributed by atoms with Crippen molar-refractivity contribution in [2.24, 2.45) is 5.41 Å². The maximum absolute atomic E-state index is 6.73. The van der Waals surface area contributed by atoms with Crippen molar-refractivity contribution in [3.8, 4) is 0 Å². The Labute approximate surface area is 453 Å². The number of benzene rings is 7. The minimum absolute atomic E-state index is 0.0245. The molecule has 3 nitrogen and oxygen atoms in total. The van der Waals surface area contributed by atoms with Crippen LogP contribution >= 0.6 is 0 Å². The van der Waals surface area contributed by atoms with Crippen LogP contribution < -0.4 is 26.2 Å². The van der Waals surface area contributed by atoms with Crippen molar-refractivity contribution in [3.05, 3.63) is 170 Å². The molecule has 0 saturated heterocycles. The molecule has 1 aromatic heterocycles. The Hall–Kier alpha value is -6.00. The number of aryl methyl sites for hydroxylation is 2. The van der Waals surface area contributed by atoms with E-state index in [4.69, 9.17) is 4.42 Å². The van der Waals surface area contributed by atoms with Crippen molar-refractivity contribution in [1.29, 1.82) is 0 Å². The number of para-hydroxylation sites is 1. The molecular formula is C72H77BN2O. The van der Waals surface area contributed by atoms with Gasteiger partial charge < -0.3 is 14.2 Å². The lowest BCUT2D eigenvalue weighted by atomic mass is 9.33. The first kappa shape index (κ1) is 47.2. The fraction of sp³-hybridized carbons (Fsp3) is 0.417. The molecule has 0 amide bonds. The van der Waals surface area contributed by atoms with Crippen LogP contribution in [0, 0.1) is 19.3 Å². The van der Waals surface area contributed by atoms with Gasteiger partial charge in [-0.3, -0.25) is 0 Å². The number of fused-ring (bicyclic) bond motifs is 17. The van der Waals surface area contributed by atoms with Gasteiger partial charge in [0.25, 0.3) is 6.71 Å². The maximum atomic E-state index is 6.73. The van der Waals surface area contributed by atoms with Crippen LogP contribution in [0.15, 0.2) is 114 Å². The second-order valence-electron chi connectivity index (χ2n) is 29.2. The highest BCUT2D eigenvalue weighted by molar-refractivity contribution is 7.00. The zero-order valence-corrected chi connectivity index (χ0v) is 48.0. The molecule has 0 spiro atoms. The molecule has 0 N–H and O–H groups in total. The normalized spacial score (nSPS) is 25.6. The van der Waals surface area contributed by atoms with Crippen LogP contribution in [0.2, 0.25) is 0 Å². The second kappa shape index (κ2) is 14.8. The maximum Gasteiger partial charge on any atom is 0.252 e. The standard InChI is InChI=1S/C72H77BN2O/c1-41-31-60-65-61(32-41)75-57-40-54-50(33-42(57)2)69(10,11)29-30-70(54,12)53-36-47-48(37-49(53)66(3,4)5)71(13)25-17-18-26-72(71,14)64(47)43-21-24-55(58(75)34-43)73(65)56-38-51-52(68(8,9)28-27-67(51,6)7)39-59(56)74(60)44-22-23-46-45-19-15-16-20-62(45)76-63(46)35-44/h15-16,19-24,31-40,64H,17-18,25-30H2,1-14H3. The first-order chi connectivity index (χ1) is 35.9. The van der Waals surface area contributed by atoms with Crippen LogP contribution in [0.1, 0.15) is 202 Å². The third-order valence-electron chi connectivity index (χ3n) is 22.3. The van der Waals surface area contributed by atoms with E-state index in [1.165, 1.54) is 116 Å². The fourth-order valence-electron chi connectivity index (χ4n) is 17.6. The van der Waals surface area contributed by atoms with E-state index < -0.39 is 0 Å². The van der Waals surface area contributed by atoms with E-state index in [-0.39, 0.29) is 50.5 Å². The molecule has 4 heteroatoms. The highest BCUT2D eigenvalue weighted by Crippen LogP contribution is 2.69. The predicted molar refractivity (Wildman–Crippen MR) is 322 cm³/mol. The molecule has 0 radical (unpaired) electrons. The van der Waals surface area contributed by atoms with Gasteiger partial charge in [0, 0.05) is 62.3 Å². The zero-order chi connectivity index (χ0) is 52.8. The summed E-state index contributed by atoms with van der Waals surface area (Å²) in [6, 6.07) is 44.9. The van der Waals surface area contributed by atoms with Crippen molar-refractivity contribution < 1.29 is 4.42 Å². The van der Waals surface area contributed by atoms with E-state index in [0.29, 0.717) is 0 Å². The molecule has 4 aliphatic carbocycles. The molecule has 1 fully saturated rings. The van der Waals surface area contributed by atoms with E-state index in [1.54, 1.807) is 22.3 Å². The molecule has 4 heterocycles. The molecule has 7 aliphatic rings. The van der Waals surface area contributed by atoms with Crippen LogP contribution in [0.25, 0.3) is 21.9 Å². The van der Waals surface area contributed by atoms with E-state index in [0.717, 1.165) is 46.9 Å². The lowest BCUT2D eigenvalue weighted by molar-refractivity contribution is 0.0923. The molecule has 15 rings (SSSR count). The Morgan fingerprint density at radius 1 is 0.513 bits per heavy atom. The molecule has 76 heavy (non-hydrogen) atoms. The van der Waals surface area contributed by atoms with E-state index in [9.17, 15) is 0 Å². The summed E-state index contributed by atoms with van der Waals surface area (Å²) in [6.07, 6.45) is 9.68. The van der Waals surface area contributed by atoms with Gasteiger partial charge in [-0.05, 0) is 211 Å². The SMILES string of the molecule is Cc1cc2c3c(c1)N1c4cc5c(cc4C)C(C)(C)CCC5(C)c4cc5c(cc4C(C)(C)C)C4(C)CCCCC4(C)C5c4ccc(c1c4)B3c1cc3c(cc1N2c1ccc2c(c1)oc1ccccc12)C(C)(C)CCC3(C)C. The minimum Gasteiger partial charge on any atom is -0.456 e. The molecular weight excluding hydrogens is 920 g/mol. The predicted octanol–water partition coefficient (Wildman–Crippen LogP) is 17.6. The third-order valence-corrected chi connectivity index (χ3v) is 22.3. The van der Waals surface area contributed by atoms with Gasteiger partial charge in [0.1, 0.15) is 11.2 Å². The van der Waals surface area contributed by atoms with E-state index in [2.05, 4.69) is 216 Å². The number of hydrogen-bond acceptors (Lipinski definition) is 3. The Kier molecular flexibility index (Phi) is 9.18. The lowest BCUT2D eigenvalue weighted by Crippen LogP contribution is -2.62. The molecule has 3 aliphatic heterocycles. The van der Waals surface area contributed by atoms with Crippen molar-refractivity contribution in [1.82, 2.24) is 0 Å². The number of hydrogen-bond donors (Lipinski definition) is 0. The van der Waals surface area contributed by atoms with Crippen molar-refractivity contribution in [2.75, 3.05) is 9.80 Å². The van der Waals surface area contributed by atoms with E-state index in [1.807, 2.05) is 0 Å². The van der Waals surface area contributed by atoms with Gasteiger partial charge in [-0.1, -0.05) is 151 Å². The summed E-state index contributed by atoms with van der Waals surface area (Å²) in [5.41, 5.74) is 30.3. The summed E-state index contributed by atoms with van der Waals surface area (Å²) >= 11 is 0. The quantitative estimate of drug-likeness (QED) is 0.153. The Morgan fingerprint density at radius 2 is 1.16 bits per heavy atom. The average molecular weight is 997 g/mol. The number of rotatable bonds is 1. The topological polar surface area (TPSA) is 19.6 Å². The van der Waals surface area contributed by atoms with Crippen LogP contribution in [-0.2, 0) is 32.5 Å². The smallest absolute Gasteiger partial charge is 0.252 e. The molecule has 384 valence electrons. The molecule has 4 unspecified atom stereocenters. The number of furan rings is 1. The summed E-state index contributed by atoms with van der Waals surface area (Å²) < 4.78 is 6.73. The summed E-state index contributed by atoms with van der Waals surface area (Å²) in [5, 5.41) is 2.33. The summed E-state index contributed by atoms with van der Waals surface area (Å²) in [7, 11) is 0. The van der Waals surface area contributed by atoms with Gasteiger partial charge in [0.05, 0.1) is 0 Å². The van der Waals surface area contributed by atoms with Crippen LogP contribution in [0.5, 0.6) is 0 Å². The summed E-state index contributed by atoms with van der Waals surface area (Å²) in [4.78, 5) is 5.43. The molecule has 8 aromatic rings. The third kappa shape index (κ3) is 5.92. The highest BCUT2D eigenvalue weighted by atomic mass is 16.3. The molecule has 4 atom stereocenters. The van der Waals surface area contributed by atoms with Crippen LogP contribution in [0.4, 0.5) is 34.1 Å². The Bertz CT molecular complexity index is 3910. The van der Waals surface area contributed by atoms with Gasteiger partial charge >= 0.3 is 0 Å². The van der Waals surface area contributed by atoms with Crippen molar-refractivity contribution >= 4 is 79.2 Å². The molecule has 6 bridgehead atoms. The van der Waals surface area contributed by atoms with Crippen LogP contribution in [0.3, 0.4) is 0 Å². The van der Waals surface area contributed by atoms with E-state index >= 15 is 0 Å². The molecule has 7 aromatic carbocycles. The Balaban J connectivity index is 1.08. The minimum atomic E-state index is -0.185. The first-order valence-electron chi connectivity index (χ1n) is 29.3. The van der Waals surface area contributed by atoms with Gasteiger partial charge in [0.15, 0.2) is 0 Å². The lowest BCUT2D eigenvalue weighted by Gasteiger charge is -2.50. The highest BCUT2D eigenvalue weighted by Gasteiger charge is 2.60. The van der Waals surface area contributed by atoms with Gasteiger partial charge in [0.2, 0.25) is 0 Å². The molecule has 1 saturated carbocycles. The summed E-state index contributed by atoms with van der Waals surface area (Å²) in [5.74, 6) is 0.279. The second-order valence-corrected chi connectivity index (χ2v) is 29.2. The zero-order valence-electron chi connectivity index (χ0n) is 48.0. The van der Waals surface area contributed by atoms with Gasteiger partial charge in [-0.15, -0.1) is 0 Å². The largest absolute Gasteiger partial charge is 0.456 e. The first-order valence-corrected chi connectivity index (χ1v) is 29.3. The number of nitrogens with zero attached hydrogens (tertiary/aromatic N) is 2.